The first-order valence-corrected chi connectivity index (χ1v) is 4.18. The Hall–Kier alpha value is -1.57. The quantitative estimate of drug-likeness (QED) is 0.614. The van der Waals surface area contributed by atoms with Crippen molar-refractivity contribution >= 4 is 11.0 Å². The van der Waals surface area contributed by atoms with Gasteiger partial charge in [-0.15, -0.1) is 0 Å². The largest absolute Gasteiger partial charge is 0.464 e. The van der Waals surface area contributed by atoms with Crippen LogP contribution in [0.1, 0.15) is 11.1 Å². The maximum absolute atomic E-state index is 11.6. The van der Waals surface area contributed by atoms with Gasteiger partial charge in [-0.1, -0.05) is 12.1 Å². The Labute approximate surface area is 75.8 Å². The predicted octanol–water partition coefficient (Wildman–Crippen LogP) is 2.41. The molecule has 0 spiro atoms. The van der Waals surface area contributed by atoms with Crippen LogP contribution in [0, 0.1) is 13.8 Å². The lowest BCUT2D eigenvalue weighted by Crippen LogP contribution is -2.04. The van der Waals surface area contributed by atoms with Crippen molar-refractivity contribution in [2.75, 3.05) is 0 Å². The molecule has 1 aromatic carbocycles. The molecule has 0 N–H and O–H groups in total. The molecular formula is C11H10O2. The fourth-order valence-electron chi connectivity index (χ4n) is 1.40. The number of hydrogen-bond acceptors (Lipinski definition) is 2. The average molecular weight is 174 g/mol. The third kappa shape index (κ3) is 1.15. The van der Waals surface area contributed by atoms with Gasteiger partial charge in [0.2, 0.25) is 0 Å². The van der Waals surface area contributed by atoms with Crippen molar-refractivity contribution in [3.05, 3.63) is 45.8 Å². The van der Waals surface area contributed by atoms with Crippen LogP contribution in [-0.4, -0.2) is 0 Å². The fraction of sp³-hybridized carbons (Fsp3) is 0.182. The third-order valence-electron chi connectivity index (χ3n) is 2.17. The first kappa shape index (κ1) is 8.05. The number of rotatable bonds is 0. The lowest BCUT2D eigenvalue weighted by atomic mass is 10.1. The Bertz CT molecular complexity index is 509. The van der Waals surface area contributed by atoms with Crippen molar-refractivity contribution in [1.82, 2.24) is 0 Å². The lowest BCUT2D eigenvalue weighted by Gasteiger charge is -1.99. The van der Waals surface area contributed by atoms with E-state index in [1.54, 1.807) is 13.0 Å². The highest BCUT2D eigenvalue weighted by Gasteiger charge is 2.04. The first-order chi connectivity index (χ1) is 6.20. The highest BCUT2D eigenvalue weighted by atomic mass is 16.3. The molecule has 66 valence electrons. The zero-order valence-corrected chi connectivity index (χ0v) is 7.63. The second-order valence-electron chi connectivity index (χ2n) is 3.20. The van der Waals surface area contributed by atoms with Gasteiger partial charge in [-0.3, -0.25) is 4.79 Å². The lowest BCUT2D eigenvalue weighted by molar-refractivity contribution is 0.594. The van der Waals surface area contributed by atoms with Gasteiger partial charge >= 0.3 is 0 Å². The molecule has 0 amide bonds. The highest BCUT2D eigenvalue weighted by Crippen LogP contribution is 2.14. The van der Waals surface area contributed by atoms with Gasteiger partial charge in [0.25, 0.3) is 0 Å². The SMILES string of the molecule is Cc1coc2c(C)cccc2c1=O. The molecule has 0 aliphatic rings. The van der Waals surface area contributed by atoms with E-state index < -0.39 is 0 Å². The number of aryl methyl sites for hydroxylation is 2. The van der Waals surface area contributed by atoms with Crippen molar-refractivity contribution in [1.29, 1.82) is 0 Å². The van der Waals surface area contributed by atoms with Crippen LogP contribution in [0.15, 0.2) is 33.7 Å². The standard InChI is InChI=1S/C11H10O2/c1-7-4-3-5-9-10(12)8(2)6-13-11(7)9/h3-6H,1-2H3. The number of fused-ring (bicyclic) bond motifs is 1. The van der Waals surface area contributed by atoms with E-state index in [0.29, 0.717) is 16.5 Å². The molecule has 1 heterocycles. The molecule has 0 bridgehead atoms. The molecule has 0 unspecified atom stereocenters. The summed E-state index contributed by atoms with van der Waals surface area (Å²) in [6, 6.07) is 5.59. The average Bonchev–Trinajstić information content (AvgIpc) is 2.12. The van der Waals surface area contributed by atoms with Crippen molar-refractivity contribution < 1.29 is 4.42 Å². The minimum Gasteiger partial charge on any atom is -0.464 e. The summed E-state index contributed by atoms with van der Waals surface area (Å²) < 4.78 is 5.35. The van der Waals surface area contributed by atoms with Gasteiger partial charge in [0.1, 0.15) is 5.58 Å². The molecule has 2 aromatic rings. The topological polar surface area (TPSA) is 30.2 Å². The summed E-state index contributed by atoms with van der Waals surface area (Å²) in [5.41, 5.74) is 2.40. The second-order valence-corrected chi connectivity index (χ2v) is 3.20. The third-order valence-corrected chi connectivity index (χ3v) is 2.17. The molecule has 0 radical (unpaired) electrons. The van der Waals surface area contributed by atoms with Gasteiger partial charge in [-0.2, -0.15) is 0 Å². The maximum atomic E-state index is 11.6. The van der Waals surface area contributed by atoms with E-state index in [1.807, 2.05) is 19.1 Å². The van der Waals surface area contributed by atoms with Crippen LogP contribution in [-0.2, 0) is 0 Å². The van der Waals surface area contributed by atoms with E-state index in [1.165, 1.54) is 6.26 Å². The van der Waals surface area contributed by atoms with Crippen molar-refractivity contribution in [3.8, 4) is 0 Å². The molecule has 2 heteroatoms. The van der Waals surface area contributed by atoms with Gasteiger partial charge in [-0.05, 0) is 25.5 Å². The zero-order chi connectivity index (χ0) is 9.42. The molecule has 2 rings (SSSR count). The second kappa shape index (κ2) is 2.73. The van der Waals surface area contributed by atoms with E-state index >= 15 is 0 Å². The van der Waals surface area contributed by atoms with E-state index in [9.17, 15) is 4.79 Å². The molecule has 0 aliphatic heterocycles. The summed E-state index contributed by atoms with van der Waals surface area (Å²) in [4.78, 5) is 11.6. The summed E-state index contributed by atoms with van der Waals surface area (Å²) in [5, 5.41) is 0.667. The van der Waals surface area contributed by atoms with E-state index in [4.69, 9.17) is 4.42 Å². The van der Waals surface area contributed by atoms with Gasteiger partial charge in [-0.25, -0.2) is 0 Å². The van der Waals surface area contributed by atoms with Crippen LogP contribution in [0.4, 0.5) is 0 Å². The van der Waals surface area contributed by atoms with Gasteiger partial charge < -0.3 is 4.42 Å². The zero-order valence-electron chi connectivity index (χ0n) is 7.63. The molecule has 0 saturated carbocycles. The molecule has 0 fully saturated rings. The Morgan fingerprint density at radius 2 is 1.92 bits per heavy atom. The van der Waals surface area contributed by atoms with E-state index in [2.05, 4.69) is 0 Å². The first-order valence-electron chi connectivity index (χ1n) is 4.18. The number of benzene rings is 1. The van der Waals surface area contributed by atoms with Crippen molar-refractivity contribution in [3.63, 3.8) is 0 Å². The summed E-state index contributed by atoms with van der Waals surface area (Å²) in [6.45, 7) is 3.69. The minimum absolute atomic E-state index is 0.0601. The van der Waals surface area contributed by atoms with Gasteiger partial charge in [0.15, 0.2) is 5.43 Å². The maximum Gasteiger partial charge on any atom is 0.195 e. The summed E-state index contributed by atoms with van der Waals surface area (Å²) in [6.07, 6.45) is 1.51. The van der Waals surface area contributed by atoms with E-state index in [0.717, 1.165) is 5.56 Å². The molecule has 13 heavy (non-hydrogen) atoms. The van der Waals surface area contributed by atoms with Crippen LogP contribution in [0.5, 0.6) is 0 Å². The van der Waals surface area contributed by atoms with Crippen LogP contribution in [0.2, 0.25) is 0 Å². The molecular weight excluding hydrogens is 164 g/mol. The van der Waals surface area contributed by atoms with Crippen LogP contribution < -0.4 is 5.43 Å². The van der Waals surface area contributed by atoms with Crippen LogP contribution >= 0.6 is 0 Å². The Morgan fingerprint density at radius 1 is 1.15 bits per heavy atom. The van der Waals surface area contributed by atoms with Gasteiger partial charge in [0, 0.05) is 5.56 Å². The van der Waals surface area contributed by atoms with E-state index in [-0.39, 0.29) is 5.43 Å². The molecule has 0 aliphatic carbocycles. The summed E-state index contributed by atoms with van der Waals surface area (Å²) >= 11 is 0. The smallest absolute Gasteiger partial charge is 0.195 e. The van der Waals surface area contributed by atoms with Gasteiger partial charge in [0.05, 0.1) is 11.6 Å². The highest BCUT2D eigenvalue weighted by molar-refractivity contribution is 5.79. The number of para-hydroxylation sites is 1. The Balaban J connectivity index is 3.03. The summed E-state index contributed by atoms with van der Waals surface area (Å²) in [7, 11) is 0. The van der Waals surface area contributed by atoms with Crippen molar-refractivity contribution in [2.24, 2.45) is 0 Å². The van der Waals surface area contributed by atoms with Crippen molar-refractivity contribution in [2.45, 2.75) is 13.8 Å². The fourth-order valence-corrected chi connectivity index (χ4v) is 1.40. The Kier molecular flexibility index (Phi) is 1.69. The normalized spacial score (nSPS) is 10.6. The van der Waals surface area contributed by atoms with Crippen LogP contribution in [0.3, 0.4) is 0 Å². The molecule has 0 atom stereocenters. The monoisotopic (exact) mass is 174 g/mol. The van der Waals surface area contributed by atoms with Crippen LogP contribution in [0.25, 0.3) is 11.0 Å². The summed E-state index contributed by atoms with van der Waals surface area (Å²) in [5.74, 6) is 0. The minimum atomic E-state index is 0.0601. The Morgan fingerprint density at radius 3 is 2.69 bits per heavy atom. The predicted molar refractivity (Wildman–Crippen MR) is 52.0 cm³/mol. The molecule has 2 nitrogen and oxygen atoms in total. The molecule has 0 saturated heterocycles. The molecule has 1 aromatic heterocycles. The number of hydrogen-bond donors (Lipinski definition) is 0.